The predicted octanol–water partition coefficient (Wildman–Crippen LogP) is 3.99. The van der Waals surface area contributed by atoms with Crippen molar-refractivity contribution >= 4 is 42.2 Å². The highest BCUT2D eigenvalue weighted by Gasteiger charge is 2.20. The normalized spacial score (nSPS) is 11.1. The summed E-state index contributed by atoms with van der Waals surface area (Å²) < 4.78 is 23.9. The fraction of sp³-hybridized carbons (Fsp3) is 0. The van der Waals surface area contributed by atoms with Crippen LogP contribution >= 0.6 is 22.4 Å². The minimum absolute atomic E-state index is 0.0938. The van der Waals surface area contributed by atoms with E-state index in [4.69, 9.17) is 11.6 Å². The van der Waals surface area contributed by atoms with Crippen molar-refractivity contribution in [3.8, 4) is 0 Å². The van der Waals surface area contributed by atoms with Gasteiger partial charge >= 0.3 is 0 Å². The van der Waals surface area contributed by atoms with Crippen molar-refractivity contribution in [1.82, 2.24) is 0 Å². The number of hydrogen-bond donors (Lipinski definition) is 1. The summed E-state index contributed by atoms with van der Waals surface area (Å²) in [6.45, 7) is 0. The van der Waals surface area contributed by atoms with Crippen molar-refractivity contribution in [2.75, 3.05) is 5.32 Å². The number of amides is 1. The van der Waals surface area contributed by atoms with Crippen molar-refractivity contribution in [1.29, 1.82) is 0 Å². The van der Waals surface area contributed by atoms with Gasteiger partial charge in [0.25, 0.3) is 5.24 Å². The molecule has 0 aliphatic heterocycles. The number of benzene rings is 2. The Morgan fingerprint density at radius 1 is 1.00 bits per heavy atom. The van der Waals surface area contributed by atoms with Gasteiger partial charge in [-0.2, -0.15) is 0 Å². The van der Waals surface area contributed by atoms with Gasteiger partial charge in [0, 0.05) is 10.7 Å². The zero-order chi connectivity index (χ0) is 14.6. The molecule has 0 bridgehead atoms. The summed E-state index contributed by atoms with van der Waals surface area (Å²) in [4.78, 5) is 11.8. The molecule has 2 aromatic rings. The van der Waals surface area contributed by atoms with E-state index in [-0.39, 0.29) is 15.7 Å². The second-order valence-electron chi connectivity index (χ2n) is 3.77. The van der Waals surface area contributed by atoms with E-state index in [2.05, 4.69) is 5.32 Å². The van der Waals surface area contributed by atoms with Crippen molar-refractivity contribution in [2.24, 2.45) is 0 Å². The number of hydrogen-bond acceptors (Lipinski definition) is 4. The second kappa shape index (κ2) is 6.30. The van der Waals surface area contributed by atoms with Crippen LogP contribution in [-0.4, -0.2) is 13.7 Å². The Morgan fingerprint density at radius 2 is 1.60 bits per heavy atom. The van der Waals surface area contributed by atoms with Crippen molar-refractivity contribution in [3.05, 3.63) is 59.6 Å². The van der Waals surface area contributed by atoms with Gasteiger partial charge in [-0.25, -0.2) is 8.42 Å². The third-order valence-electron chi connectivity index (χ3n) is 2.31. The van der Waals surface area contributed by atoms with Gasteiger partial charge in [0.05, 0.1) is 15.7 Å². The van der Waals surface area contributed by atoms with Gasteiger partial charge in [-0.05, 0) is 36.4 Å². The third kappa shape index (κ3) is 4.00. The molecule has 1 amide bonds. The van der Waals surface area contributed by atoms with Gasteiger partial charge in [-0.1, -0.05) is 29.8 Å². The lowest BCUT2D eigenvalue weighted by Gasteiger charge is -2.05. The van der Waals surface area contributed by atoms with E-state index in [0.717, 1.165) is 0 Å². The van der Waals surface area contributed by atoms with Gasteiger partial charge < -0.3 is 5.32 Å². The van der Waals surface area contributed by atoms with Crippen LogP contribution in [0.25, 0.3) is 0 Å². The molecule has 104 valence electrons. The van der Waals surface area contributed by atoms with Crippen LogP contribution < -0.4 is 5.32 Å². The van der Waals surface area contributed by atoms with Crippen LogP contribution in [-0.2, 0) is 8.87 Å². The molecule has 0 unspecified atom stereocenters. The molecule has 0 saturated heterocycles. The molecule has 2 rings (SSSR count). The number of carbonyl (C=O) groups excluding carboxylic acids is 1. The van der Waals surface area contributed by atoms with Gasteiger partial charge in [-0.15, -0.1) is 0 Å². The SMILES string of the molecule is O=C(Nc1ccc(Cl)cc1)SS(=O)(=O)c1ccccc1. The average Bonchev–Trinajstić information content (AvgIpc) is 2.42. The Bertz CT molecular complexity index is 700. The maximum absolute atomic E-state index is 12.0. The number of nitrogens with one attached hydrogen (secondary N) is 1. The first-order valence-electron chi connectivity index (χ1n) is 5.53. The standard InChI is InChI=1S/C13H10ClNO3S2/c14-10-6-8-11(9-7-10)15-13(16)19-20(17,18)12-4-2-1-3-5-12/h1-9H,(H,15,16). The summed E-state index contributed by atoms with van der Waals surface area (Å²) in [6, 6.07) is 14.2. The Labute approximate surface area is 125 Å². The van der Waals surface area contributed by atoms with Crippen LogP contribution in [0.2, 0.25) is 5.02 Å². The molecule has 0 aliphatic rings. The largest absolute Gasteiger partial charge is 0.316 e. The molecule has 0 radical (unpaired) electrons. The van der Waals surface area contributed by atoms with E-state index in [1.54, 1.807) is 42.5 Å². The van der Waals surface area contributed by atoms with Gasteiger partial charge in [0.1, 0.15) is 0 Å². The van der Waals surface area contributed by atoms with E-state index < -0.39 is 14.1 Å². The summed E-state index contributed by atoms with van der Waals surface area (Å²) in [7, 11) is -3.47. The van der Waals surface area contributed by atoms with E-state index in [1.165, 1.54) is 12.1 Å². The molecule has 4 nitrogen and oxygen atoms in total. The highest BCUT2D eigenvalue weighted by Crippen LogP contribution is 2.25. The molecule has 1 N–H and O–H groups in total. The molecule has 2 aromatic carbocycles. The first kappa shape index (κ1) is 14.9. The Hall–Kier alpha value is -1.50. The van der Waals surface area contributed by atoms with Crippen molar-refractivity contribution in [3.63, 3.8) is 0 Å². The molecule has 20 heavy (non-hydrogen) atoms. The molecule has 0 spiro atoms. The molecule has 0 heterocycles. The van der Waals surface area contributed by atoms with Crippen LogP contribution in [0.15, 0.2) is 59.5 Å². The van der Waals surface area contributed by atoms with Crippen molar-refractivity contribution < 1.29 is 13.2 Å². The average molecular weight is 328 g/mol. The lowest BCUT2D eigenvalue weighted by atomic mass is 10.3. The minimum atomic E-state index is -3.71. The number of rotatable bonds is 3. The summed E-state index contributed by atoms with van der Waals surface area (Å²) >= 11 is 5.72. The van der Waals surface area contributed by atoms with Crippen LogP contribution in [0.4, 0.5) is 10.5 Å². The van der Waals surface area contributed by atoms with E-state index >= 15 is 0 Å². The minimum Gasteiger partial charge on any atom is -0.316 e. The zero-order valence-electron chi connectivity index (χ0n) is 10.1. The smallest absolute Gasteiger partial charge is 0.299 e. The first-order chi connectivity index (χ1) is 9.47. The Morgan fingerprint density at radius 3 is 2.20 bits per heavy atom. The summed E-state index contributed by atoms with van der Waals surface area (Å²) in [6.07, 6.45) is 0. The van der Waals surface area contributed by atoms with Crippen LogP contribution in [0.1, 0.15) is 0 Å². The maximum Gasteiger partial charge on any atom is 0.299 e. The molecular formula is C13H10ClNO3S2. The zero-order valence-corrected chi connectivity index (χ0v) is 12.5. The third-order valence-corrected chi connectivity index (χ3v) is 5.57. The lowest BCUT2D eigenvalue weighted by molar-refractivity contribution is 0.270. The van der Waals surface area contributed by atoms with Gasteiger partial charge in [0.15, 0.2) is 0 Å². The summed E-state index contributed by atoms with van der Waals surface area (Å²) in [5.74, 6) is 0. The molecule has 0 aliphatic carbocycles. The van der Waals surface area contributed by atoms with E-state index in [9.17, 15) is 13.2 Å². The Kier molecular flexibility index (Phi) is 4.69. The highest BCUT2D eigenvalue weighted by molar-refractivity contribution is 8.77. The van der Waals surface area contributed by atoms with Crippen molar-refractivity contribution in [2.45, 2.75) is 4.90 Å². The van der Waals surface area contributed by atoms with E-state index in [0.29, 0.717) is 10.7 Å². The number of halogens is 1. The van der Waals surface area contributed by atoms with Gasteiger partial charge in [0.2, 0.25) is 8.87 Å². The molecule has 0 aromatic heterocycles. The molecule has 0 fully saturated rings. The summed E-state index contributed by atoms with van der Waals surface area (Å²) in [5, 5.41) is 2.35. The fourth-order valence-corrected chi connectivity index (χ4v) is 3.82. The van der Waals surface area contributed by atoms with Gasteiger partial charge in [-0.3, -0.25) is 4.79 Å². The maximum atomic E-state index is 12.0. The second-order valence-corrected chi connectivity index (χ2v) is 7.94. The summed E-state index contributed by atoms with van der Waals surface area (Å²) in [5.41, 5.74) is 0.482. The predicted molar refractivity (Wildman–Crippen MR) is 81.7 cm³/mol. The monoisotopic (exact) mass is 327 g/mol. The highest BCUT2D eigenvalue weighted by atomic mass is 35.5. The number of anilines is 1. The van der Waals surface area contributed by atoms with Crippen LogP contribution in [0.3, 0.4) is 0 Å². The number of carbonyl (C=O) groups is 1. The quantitative estimate of drug-likeness (QED) is 0.866. The lowest BCUT2D eigenvalue weighted by Crippen LogP contribution is -2.09. The molecule has 0 atom stereocenters. The molecular weight excluding hydrogens is 318 g/mol. The first-order valence-corrected chi connectivity index (χ1v) is 8.73. The van der Waals surface area contributed by atoms with E-state index in [1.807, 2.05) is 0 Å². The molecule has 0 saturated carbocycles. The fourth-order valence-electron chi connectivity index (χ4n) is 1.41. The topological polar surface area (TPSA) is 63.2 Å². The van der Waals surface area contributed by atoms with Crippen LogP contribution in [0.5, 0.6) is 0 Å². The van der Waals surface area contributed by atoms with Crippen LogP contribution in [0, 0.1) is 0 Å². The Balaban J connectivity index is 2.06. The molecule has 7 heteroatoms.